The molecule has 3 aromatic rings. The minimum atomic E-state index is -0.188. The van der Waals surface area contributed by atoms with Crippen LogP contribution in [0.5, 0.6) is 0 Å². The molecule has 0 aliphatic carbocycles. The lowest BCUT2D eigenvalue weighted by molar-refractivity contribution is 0.544. The Bertz CT molecular complexity index is 963. The number of nitrogens with zero attached hydrogens (tertiary/aromatic N) is 1. The fraction of sp³-hybridized carbons (Fsp3) is 0.222. The summed E-state index contributed by atoms with van der Waals surface area (Å²) in [6.45, 7) is 6.25. The van der Waals surface area contributed by atoms with Gasteiger partial charge in [0.1, 0.15) is 11.9 Å². The lowest BCUT2D eigenvalue weighted by Gasteiger charge is -2.31. The highest BCUT2D eigenvalue weighted by atomic mass is 15.1. The maximum absolute atomic E-state index is 5.29. The molecule has 1 heterocycles. The second-order valence-corrected chi connectivity index (χ2v) is 7.89. The van der Waals surface area contributed by atoms with Crippen molar-refractivity contribution in [3.63, 3.8) is 0 Å². The second kappa shape index (κ2) is 8.48. The monoisotopic (exact) mass is 380 g/mol. The Labute approximate surface area is 174 Å². The zero-order chi connectivity index (χ0) is 20.1. The lowest BCUT2D eigenvalue weighted by atomic mass is 9.77. The van der Waals surface area contributed by atoms with E-state index >= 15 is 0 Å². The number of allylic oxidation sites excluding steroid dienone is 1. The molecule has 3 atom stereocenters. The number of hydrogen-bond acceptors (Lipinski definition) is 2. The largest absolute Gasteiger partial charge is 0.364 e. The van der Waals surface area contributed by atoms with E-state index in [1.165, 1.54) is 16.7 Å². The molecule has 29 heavy (non-hydrogen) atoms. The van der Waals surface area contributed by atoms with E-state index in [2.05, 4.69) is 110 Å². The van der Waals surface area contributed by atoms with Crippen LogP contribution in [0.2, 0.25) is 0 Å². The number of aliphatic imine (C=N–C) groups is 1. The van der Waals surface area contributed by atoms with Gasteiger partial charge in [-0.25, -0.2) is 0 Å². The highest BCUT2D eigenvalue weighted by molar-refractivity contribution is 5.94. The predicted molar refractivity (Wildman–Crippen MR) is 122 cm³/mol. The number of rotatable bonds is 7. The fourth-order valence-corrected chi connectivity index (χ4v) is 4.22. The molecule has 1 aliphatic heterocycles. The molecule has 0 unspecified atom stereocenters. The molecule has 1 aliphatic rings. The Hall–Kier alpha value is -3.13. The van der Waals surface area contributed by atoms with E-state index in [1.807, 2.05) is 6.08 Å². The summed E-state index contributed by atoms with van der Waals surface area (Å²) in [5.74, 6) is 1.06. The minimum absolute atomic E-state index is 0.0559. The summed E-state index contributed by atoms with van der Waals surface area (Å²) in [4.78, 5) is 5.29. The van der Waals surface area contributed by atoms with Crippen molar-refractivity contribution in [1.82, 2.24) is 5.32 Å². The molecule has 0 saturated heterocycles. The summed E-state index contributed by atoms with van der Waals surface area (Å²) >= 11 is 0. The topological polar surface area (TPSA) is 24.4 Å². The van der Waals surface area contributed by atoms with Crippen LogP contribution in [-0.2, 0) is 5.41 Å². The van der Waals surface area contributed by atoms with Crippen molar-refractivity contribution in [3.05, 3.63) is 120 Å². The zero-order valence-electron chi connectivity index (χ0n) is 17.0. The Balaban J connectivity index is 1.78. The van der Waals surface area contributed by atoms with E-state index in [0.29, 0.717) is 0 Å². The van der Waals surface area contributed by atoms with Gasteiger partial charge >= 0.3 is 0 Å². The van der Waals surface area contributed by atoms with Crippen molar-refractivity contribution in [2.75, 3.05) is 0 Å². The van der Waals surface area contributed by atoms with Gasteiger partial charge in [-0.15, -0.1) is 6.58 Å². The highest BCUT2D eigenvalue weighted by Crippen LogP contribution is 2.41. The van der Waals surface area contributed by atoms with Gasteiger partial charge in [-0.05, 0) is 36.5 Å². The van der Waals surface area contributed by atoms with Crippen LogP contribution in [0, 0.1) is 0 Å². The van der Waals surface area contributed by atoms with E-state index in [4.69, 9.17) is 4.99 Å². The van der Waals surface area contributed by atoms with Crippen LogP contribution < -0.4 is 5.32 Å². The standard InChI is InChI=1S/C27H28N2/c1-3-4-20-27(2,23-18-12-7-13-19-23)26-28-24(21-14-8-5-9-15-21)25(29-26)22-16-10-6-11-17-22/h3,5-19,24-25H,1,4,20H2,2H3,(H,28,29)/t24-,25-,27+/m0/s1. The fourth-order valence-electron chi connectivity index (χ4n) is 4.22. The number of amidine groups is 1. The Morgan fingerprint density at radius 3 is 2.00 bits per heavy atom. The smallest absolute Gasteiger partial charge is 0.108 e. The molecular formula is C27H28N2. The van der Waals surface area contributed by atoms with Gasteiger partial charge in [-0.1, -0.05) is 97.1 Å². The summed E-state index contributed by atoms with van der Waals surface area (Å²) in [5.41, 5.74) is 3.60. The maximum atomic E-state index is 5.29. The summed E-state index contributed by atoms with van der Waals surface area (Å²) in [5, 5.41) is 3.82. The van der Waals surface area contributed by atoms with Crippen molar-refractivity contribution >= 4 is 5.84 Å². The van der Waals surface area contributed by atoms with E-state index < -0.39 is 0 Å². The molecule has 0 bridgehead atoms. The molecule has 0 saturated carbocycles. The highest BCUT2D eigenvalue weighted by Gasteiger charge is 2.40. The van der Waals surface area contributed by atoms with E-state index in [-0.39, 0.29) is 17.5 Å². The van der Waals surface area contributed by atoms with Gasteiger partial charge in [-0.3, -0.25) is 4.99 Å². The van der Waals surface area contributed by atoms with Crippen LogP contribution in [-0.4, -0.2) is 5.84 Å². The molecule has 2 heteroatoms. The van der Waals surface area contributed by atoms with E-state index in [1.54, 1.807) is 0 Å². The summed E-state index contributed by atoms with van der Waals surface area (Å²) in [7, 11) is 0. The van der Waals surface area contributed by atoms with E-state index in [0.717, 1.165) is 18.7 Å². The summed E-state index contributed by atoms with van der Waals surface area (Å²) < 4.78 is 0. The van der Waals surface area contributed by atoms with E-state index in [9.17, 15) is 0 Å². The van der Waals surface area contributed by atoms with Gasteiger partial charge in [0.25, 0.3) is 0 Å². The van der Waals surface area contributed by atoms with Crippen LogP contribution in [0.15, 0.2) is 109 Å². The second-order valence-electron chi connectivity index (χ2n) is 7.89. The molecule has 4 rings (SSSR count). The zero-order valence-corrected chi connectivity index (χ0v) is 17.0. The van der Waals surface area contributed by atoms with Crippen molar-refractivity contribution in [2.24, 2.45) is 4.99 Å². The van der Waals surface area contributed by atoms with Gasteiger partial charge in [0, 0.05) is 0 Å². The quantitative estimate of drug-likeness (QED) is 0.472. The lowest BCUT2D eigenvalue weighted by Crippen LogP contribution is -2.41. The first-order valence-corrected chi connectivity index (χ1v) is 10.3. The average Bonchev–Trinajstić information content (AvgIpc) is 3.25. The number of benzene rings is 3. The molecule has 0 aromatic heterocycles. The Morgan fingerprint density at radius 2 is 1.41 bits per heavy atom. The van der Waals surface area contributed by atoms with Gasteiger partial charge in [0.2, 0.25) is 0 Å². The van der Waals surface area contributed by atoms with Gasteiger partial charge in [-0.2, -0.15) is 0 Å². The van der Waals surface area contributed by atoms with Crippen molar-refractivity contribution in [1.29, 1.82) is 0 Å². The van der Waals surface area contributed by atoms with Crippen LogP contribution in [0.3, 0.4) is 0 Å². The number of hydrogen-bond donors (Lipinski definition) is 1. The van der Waals surface area contributed by atoms with Gasteiger partial charge < -0.3 is 5.32 Å². The Morgan fingerprint density at radius 1 is 0.862 bits per heavy atom. The SMILES string of the molecule is C=CCC[C@@](C)(C1=N[C@@H](c2ccccc2)[C@H](c2ccccc2)N1)c1ccccc1. The van der Waals surface area contributed by atoms with Gasteiger partial charge in [0.15, 0.2) is 0 Å². The van der Waals surface area contributed by atoms with Crippen molar-refractivity contribution in [3.8, 4) is 0 Å². The first-order chi connectivity index (χ1) is 14.2. The Kier molecular flexibility index (Phi) is 5.62. The van der Waals surface area contributed by atoms with Gasteiger partial charge in [0.05, 0.1) is 11.5 Å². The minimum Gasteiger partial charge on any atom is -0.364 e. The van der Waals surface area contributed by atoms with Crippen LogP contribution >= 0.6 is 0 Å². The van der Waals surface area contributed by atoms with Crippen LogP contribution in [0.1, 0.15) is 48.5 Å². The molecule has 0 amide bonds. The maximum Gasteiger partial charge on any atom is 0.108 e. The van der Waals surface area contributed by atoms with Crippen LogP contribution in [0.4, 0.5) is 0 Å². The first kappa shape index (κ1) is 19.2. The normalized spacial score (nSPS) is 20.4. The summed E-state index contributed by atoms with van der Waals surface area (Å²) in [6.07, 6.45) is 3.91. The van der Waals surface area contributed by atoms with Crippen molar-refractivity contribution in [2.45, 2.75) is 37.3 Å². The van der Waals surface area contributed by atoms with Crippen LogP contribution in [0.25, 0.3) is 0 Å². The third kappa shape index (κ3) is 3.88. The molecule has 2 nitrogen and oxygen atoms in total. The average molecular weight is 381 g/mol. The third-order valence-corrected chi connectivity index (χ3v) is 5.96. The third-order valence-electron chi connectivity index (χ3n) is 5.96. The predicted octanol–water partition coefficient (Wildman–Crippen LogP) is 6.39. The molecule has 146 valence electrons. The first-order valence-electron chi connectivity index (χ1n) is 10.3. The molecule has 0 spiro atoms. The number of nitrogens with one attached hydrogen (secondary N) is 1. The van der Waals surface area contributed by atoms with Crippen molar-refractivity contribution < 1.29 is 0 Å². The summed E-state index contributed by atoms with van der Waals surface area (Å²) in [6, 6.07) is 32.2. The molecular weight excluding hydrogens is 352 g/mol. The molecule has 1 N–H and O–H groups in total. The molecule has 0 radical (unpaired) electrons. The molecule has 3 aromatic carbocycles. The molecule has 0 fully saturated rings.